The van der Waals surface area contributed by atoms with Crippen LogP contribution in [0.1, 0.15) is 80.9 Å². The molecule has 2 aliphatic heterocycles. The van der Waals surface area contributed by atoms with E-state index in [1.807, 2.05) is 12.1 Å². The molecule has 3 aromatic carbocycles. The zero-order valence-electron chi connectivity index (χ0n) is 19.3. The van der Waals surface area contributed by atoms with E-state index in [2.05, 4.69) is 5.32 Å². The minimum Gasteiger partial charge on any atom is -0.454 e. The maximum atomic E-state index is 13.3. The van der Waals surface area contributed by atoms with Gasteiger partial charge in [0, 0.05) is 19.2 Å². The summed E-state index contributed by atoms with van der Waals surface area (Å²) in [5.41, 5.74) is 1.39. The van der Waals surface area contributed by atoms with Crippen LogP contribution in [0.3, 0.4) is 0 Å². The van der Waals surface area contributed by atoms with Gasteiger partial charge in [-0.3, -0.25) is 18.7 Å². The average Bonchev–Trinajstić information content (AvgIpc) is 3.57. The van der Waals surface area contributed by atoms with Crippen LogP contribution in [0.2, 0.25) is 0 Å². The Hall–Kier alpha value is -4.73. The maximum Gasteiger partial charge on any atom is 0.331 e. The molecule has 10 nitrogen and oxygen atoms in total. The lowest BCUT2D eigenvalue weighted by Gasteiger charge is -2.12. The lowest BCUT2D eigenvalue weighted by molar-refractivity contribution is 0.0951. The second-order valence-electron chi connectivity index (χ2n) is 8.52. The van der Waals surface area contributed by atoms with Gasteiger partial charge in [0.2, 0.25) is 13.6 Å². The first kappa shape index (κ1) is 43.7. The van der Waals surface area contributed by atoms with Crippen LogP contribution in [0.4, 0.5) is 0 Å². The minimum absolute atomic E-state index is 0. The van der Waals surface area contributed by atoms with Crippen molar-refractivity contribution in [3.8, 4) is 23.0 Å². The number of benzene rings is 3. The van der Waals surface area contributed by atoms with Gasteiger partial charge in [0.05, 0.1) is 17.4 Å². The molecule has 0 atom stereocenters. The fourth-order valence-electron chi connectivity index (χ4n) is 4.35. The highest BCUT2D eigenvalue weighted by molar-refractivity contribution is 5.97. The van der Waals surface area contributed by atoms with E-state index in [9.17, 15) is 14.4 Å². The second-order valence-corrected chi connectivity index (χ2v) is 8.52. The SMILES string of the molecule is C.C.C.C.C.C.C.C.Cn1c(=O)n(Cc2ccc3c(c2)OCO3)c(=O)c2cc(C(=O)NCc3ccc4c(c3)OCO4)ccc21. The highest BCUT2D eigenvalue weighted by Gasteiger charge is 2.18. The number of carbonyl (C=O) groups excluding carboxylic acids is 1. The monoisotopic (exact) mass is 615 g/mol. The first-order chi connectivity index (χ1) is 17.5. The van der Waals surface area contributed by atoms with Gasteiger partial charge < -0.3 is 24.3 Å². The highest BCUT2D eigenvalue weighted by atomic mass is 16.7. The normalized spacial score (nSPS) is 10.8. The molecule has 0 spiro atoms. The number of aromatic nitrogens is 2. The van der Waals surface area contributed by atoms with E-state index >= 15 is 0 Å². The summed E-state index contributed by atoms with van der Waals surface area (Å²) in [6, 6.07) is 15.5. The summed E-state index contributed by atoms with van der Waals surface area (Å²) >= 11 is 0. The molecule has 1 N–H and O–H groups in total. The molecule has 0 radical (unpaired) electrons. The van der Waals surface area contributed by atoms with Crippen LogP contribution in [-0.2, 0) is 20.1 Å². The number of fused-ring (bicyclic) bond motifs is 3. The van der Waals surface area contributed by atoms with E-state index in [1.165, 1.54) is 10.6 Å². The number of ether oxygens (including phenoxy) is 4. The van der Waals surface area contributed by atoms with Crippen LogP contribution in [-0.4, -0.2) is 28.6 Å². The number of aryl methyl sites for hydroxylation is 1. The van der Waals surface area contributed by atoms with Gasteiger partial charge in [-0.1, -0.05) is 71.5 Å². The maximum absolute atomic E-state index is 13.3. The van der Waals surface area contributed by atoms with Crippen molar-refractivity contribution in [1.29, 1.82) is 0 Å². The third-order valence-corrected chi connectivity index (χ3v) is 6.28. The van der Waals surface area contributed by atoms with E-state index in [0.29, 0.717) is 34.1 Å². The molecule has 2 aliphatic rings. The average molecular weight is 616 g/mol. The summed E-state index contributed by atoms with van der Waals surface area (Å²) in [7, 11) is 1.60. The largest absolute Gasteiger partial charge is 0.454 e. The van der Waals surface area contributed by atoms with Crippen molar-refractivity contribution in [3.63, 3.8) is 0 Å². The lowest BCUT2D eigenvalue weighted by atomic mass is 10.1. The zero-order chi connectivity index (χ0) is 24.8. The molecule has 10 heteroatoms. The van der Waals surface area contributed by atoms with Crippen LogP contribution in [0.5, 0.6) is 23.0 Å². The molecule has 0 aliphatic carbocycles. The number of hydrogen-bond acceptors (Lipinski definition) is 7. The van der Waals surface area contributed by atoms with Crippen molar-refractivity contribution in [1.82, 2.24) is 14.5 Å². The quantitative estimate of drug-likeness (QED) is 0.252. The first-order valence-electron chi connectivity index (χ1n) is 11.3. The third kappa shape index (κ3) is 7.80. The van der Waals surface area contributed by atoms with Crippen molar-refractivity contribution in [2.45, 2.75) is 72.5 Å². The zero-order valence-corrected chi connectivity index (χ0v) is 19.3. The minimum atomic E-state index is -0.476. The molecule has 1 amide bonds. The Bertz CT molecular complexity index is 1660. The predicted molar refractivity (Wildman–Crippen MR) is 183 cm³/mol. The van der Waals surface area contributed by atoms with Crippen LogP contribution in [0.25, 0.3) is 10.9 Å². The number of rotatable bonds is 5. The van der Waals surface area contributed by atoms with E-state index in [1.54, 1.807) is 43.4 Å². The van der Waals surface area contributed by atoms with Crippen molar-refractivity contribution in [2.75, 3.05) is 13.6 Å². The van der Waals surface area contributed by atoms with Gasteiger partial charge in [0.1, 0.15) is 0 Å². The van der Waals surface area contributed by atoms with Gasteiger partial charge in [-0.2, -0.15) is 0 Å². The Morgan fingerprint density at radius 3 is 1.82 bits per heavy atom. The van der Waals surface area contributed by atoms with E-state index in [0.717, 1.165) is 15.7 Å². The van der Waals surface area contributed by atoms with E-state index < -0.39 is 11.2 Å². The van der Waals surface area contributed by atoms with E-state index in [4.69, 9.17) is 18.9 Å². The molecule has 1 aromatic heterocycles. The molecular formula is C34H53N3O7. The smallest absolute Gasteiger partial charge is 0.331 e. The number of nitrogens with zero attached hydrogens (tertiary/aromatic N) is 2. The first-order valence-corrected chi connectivity index (χ1v) is 11.3. The van der Waals surface area contributed by atoms with Crippen LogP contribution >= 0.6 is 0 Å². The number of carbonyl (C=O) groups is 1. The fraction of sp³-hybridized carbons (Fsp3) is 0.382. The molecule has 4 aromatic rings. The van der Waals surface area contributed by atoms with Gasteiger partial charge in [-0.05, 0) is 53.6 Å². The summed E-state index contributed by atoms with van der Waals surface area (Å²) in [6.07, 6.45) is 0. The third-order valence-electron chi connectivity index (χ3n) is 6.28. The van der Waals surface area contributed by atoms with Gasteiger partial charge in [-0.25, -0.2) is 4.79 Å². The molecular weight excluding hydrogens is 562 g/mol. The van der Waals surface area contributed by atoms with Crippen molar-refractivity contribution in [3.05, 3.63) is 92.1 Å². The standard InChI is InChI=1S/C26H21N3O7.8CH4/c1-28-19-5-4-17(24(30)27-11-15-2-6-20-22(8-15)35-13-33-20)10-18(19)25(31)29(26(28)32)12-16-3-7-21-23(9-16)36-14-34-21;;;;;;;;/h2-10H,11-14H2,1H3,(H,27,30);8*1H4. The predicted octanol–water partition coefficient (Wildman–Crippen LogP) is 7.22. The van der Waals surface area contributed by atoms with Crippen molar-refractivity contribution >= 4 is 16.8 Å². The molecule has 0 fully saturated rings. The molecule has 0 unspecified atom stereocenters. The Labute approximate surface area is 263 Å². The molecule has 246 valence electrons. The number of nitrogens with one attached hydrogen (secondary N) is 1. The summed E-state index contributed by atoms with van der Waals surface area (Å²) in [4.78, 5) is 39.2. The molecule has 44 heavy (non-hydrogen) atoms. The number of hydrogen-bond donors (Lipinski definition) is 1. The van der Waals surface area contributed by atoms with Crippen LogP contribution in [0, 0.1) is 0 Å². The molecule has 0 saturated carbocycles. The summed E-state index contributed by atoms with van der Waals surface area (Å²) in [5, 5.41) is 3.13. The van der Waals surface area contributed by atoms with Crippen molar-refractivity contribution < 1.29 is 23.7 Å². The summed E-state index contributed by atoms with van der Waals surface area (Å²) in [6.45, 7) is 0.640. The van der Waals surface area contributed by atoms with Gasteiger partial charge >= 0.3 is 5.69 Å². The Balaban J connectivity index is -0.00000210. The lowest BCUT2D eigenvalue weighted by Crippen LogP contribution is -2.39. The molecule has 6 rings (SSSR count). The molecule has 0 bridgehead atoms. The summed E-state index contributed by atoms with van der Waals surface area (Å²) < 4.78 is 24.0. The van der Waals surface area contributed by atoms with Gasteiger partial charge in [0.25, 0.3) is 11.5 Å². The van der Waals surface area contributed by atoms with Crippen molar-refractivity contribution in [2.24, 2.45) is 7.05 Å². The Kier molecular flexibility index (Phi) is 17.3. The van der Waals surface area contributed by atoms with Crippen LogP contribution < -0.4 is 35.5 Å². The Morgan fingerprint density at radius 1 is 0.705 bits per heavy atom. The van der Waals surface area contributed by atoms with Gasteiger partial charge in [0.15, 0.2) is 23.0 Å². The highest BCUT2D eigenvalue weighted by Crippen LogP contribution is 2.33. The van der Waals surface area contributed by atoms with Gasteiger partial charge in [-0.15, -0.1) is 0 Å². The van der Waals surface area contributed by atoms with Crippen LogP contribution in [0.15, 0.2) is 64.2 Å². The van der Waals surface area contributed by atoms with E-state index in [-0.39, 0.29) is 97.4 Å². The topological polar surface area (TPSA) is 110 Å². The molecule has 3 heterocycles. The fourth-order valence-corrected chi connectivity index (χ4v) is 4.35. The second kappa shape index (κ2) is 17.4. The Morgan fingerprint density at radius 2 is 1.23 bits per heavy atom. The molecule has 0 saturated heterocycles. The number of amides is 1. The summed E-state index contributed by atoms with van der Waals surface area (Å²) in [5.74, 6) is 2.15.